The summed E-state index contributed by atoms with van der Waals surface area (Å²) in [6.07, 6.45) is 2.35. The van der Waals surface area contributed by atoms with Crippen molar-refractivity contribution in [3.8, 4) is 0 Å². The van der Waals surface area contributed by atoms with Crippen LogP contribution in [0.4, 0.5) is 4.39 Å². The Hall–Kier alpha value is -0.890. The second-order valence-corrected chi connectivity index (χ2v) is 4.00. The van der Waals surface area contributed by atoms with E-state index in [0.717, 1.165) is 11.1 Å². The summed E-state index contributed by atoms with van der Waals surface area (Å²) < 4.78 is 12.9. The van der Waals surface area contributed by atoms with Crippen LogP contribution in [0.5, 0.6) is 0 Å². The van der Waals surface area contributed by atoms with Crippen LogP contribution in [0, 0.1) is 5.92 Å². The zero-order valence-electron chi connectivity index (χ0n) is 8.25. The van der Waals surface area contributed by atoms with Gasteiger partial charge in [0.25, 0.3) is 0 Å². The number of hydrogen-bond donors (Lipinski definition) is 1. The number of halogens is 1. The van der Waals surface area contributed by atoms with E-state index in [1.165, 1.54) is 12.8 Å². The molecule has 0 aliphatic heterocycles. The molecule has 0 radical (unpaired) electrons. The highest BCUT2D eigenvalue weighted by Crippen LogP contribution is 2.43. The molecule has 1 fully saturated rings. The number of alkyl halides is 1. The van der Waals surface area contributed by atoms with Crippen LogP contribution in [0.2, 0.25) is 0 Å². The summed E-state index contributed by atoms with van der Waals surface area (Å²) >= 11 is 0. The summed E-state index contributed by atoms with van der Waals surface area (Å²) in [7, 11) is 0. The average Bonchev–Trinajstić information content (AvgIpc) is 3.04. The van der Waals surface area contributed by atoms with Crippen molar-refractivity contribution < 1.29 is 4.39 Å². The fraction of sp³-hybridized carbons (Fsp3) is 0.500. The van der Waals surface area contributed by atoms with E-state index < -0.39 is 0 Å². The highest BCUT2D eigenvalue weighted by molar-refractivity contribution is 5.31. The molecule has 0 saturated heterocycles. The minimum atomic E-state index is -0.248. The highest BCUT2D eigenvalue weighted by atomic mass is 19.1. The van der Waals surface area contributed by atoms with E-state index in [1.807, 2.05) is 24.3 Å². The van der Waals surface area contributed by atoms with Crippen LogP contribution in [-0.4, -0.2) is 6.67 Å². The molecule has 2 N–H and O–H groups in total. The lowest BCUT2D eigenvalue weighted by Gasteiger charge is -2.16. The van der Waals surface area contributed by atoms with Gasteiger partial charge < -0.3 is 5.73 Å². The maximum Gasteiger partial charge on any atom is 0.0965 e. The molecule has 1 unspecified atom stereocenters. The van der Waals surface area contributed by atoms with Gasteiger partial charge >= 0.3 is 0 Å². The third-order valence-electron chi connectivity index (χ3n) is 3.03. The van der Waals surface area contributed by atoms with Crippen LogP contribution in [0.3, 0.4) is 0 Å². The largest absolute Gasteiger partial charge is 0.326 e. The Bertz CT molecular complexity index is 307. The molecule has 14 heavy (non-hydrogen) atoms. The molecule has 0 spiro atoms. The average molecular weight is 193 g/mol. The van der Waals surface area contributed by atoms with Gasteiger partial charge in [0.15, 0.2) is 0 Å². The van der Waals surface area contributed by atoms with Crippen molar-refractivity contribution in [1.82, 2.24) is 0 Å². The first-order valence-corrected chi connectivity index (χ1v) is 5.20. The SMILES string of the molecule is NCc1ccccc1C(CF)C1CC1. The Balaban J connectivity index is 2.27. The summed E-state index contributed by atoms with van der Waals surface area (Å²) in [4.78, 5) is 0. The van der Waals surface area contributed by atoms with Gasteiger partial charge in [0.05, 0.1) is 6.67 Å². The van der Waals surface area contributed by atoms with Crippen LogP contribution >= 0.6 is 0 Å². The van der Waals surface area contributed by atoms with Gasteiger partial charge in [0, 0.05) is 12.5 Å². The Morgan fingerprint density at radius 3 is 2.64 bits per heavy atom. The van der Waals surface area contributed by atoms with Gasteiger partial charge in [0.2, 0.25) is 0 Å². The zero-order chi connectivity index (χ0) is 9.97. The molecule has 1 nitrogen and oxygen atoms in total. The normalized spacial score (nSPS) is 18.1. The molecule has 0 bridgehead atoms. The second-order valence-electron chi connectivity index (χ2n) is 4.00. The van der Waals surface area contributed by atoms with Crippen molar-refractivity contribution in [2.24, 2.45) is 11.7 Å². The molecule has 1 aliphatic carbocycles. The Labute approximate surface area is 84.1 Å². The molecule has 2 rings (SSSR count). The van der Waals surface area contributed by atoms with Crippen LogP contribution < -0.4 is 5.73 Å². The molecule has 0 amide bonds. The van der Waals surface area contributed by atoms with Crippen molar-refractivity contribution in [2.45, 2.75) is 25.3 Å². The maximum atomic E-state index is 12.9. The molecule has 1 aromatic carbocycles. The second kappa shape index (κ2) is 4.09. The van der Waals surface area contributed by atoms with Gasteiger partial charge in [0.1, 0.15) is 0 Å². The number of nitrogens with two attached hydrogens (primary N) is 1. The van der Waals surface area contributed by atoms with E-state index in [9.17, 15) is 4.39 Å². The van der Waals surface area contributed by atoms with E-state index in [2.05, 4.69) is 0 Å². The third kappa shape index (κ3) is 1.80. The first-order valence-electron chi connectivity index (χ1n) is 5.20. The molecule has 1 saturated carbocycles. The molecule has 76 valence electrons. The molecular weight excluding hydrogens is 177 g/mol. The van der Waals surface area contributed by atoms with Gasteiger partial charge in [-0.3, -0.25) is 4.39 Å². The van der Waals surface area contributed by atoms with Crippen molar-refractivity contribution in [2.75, 3.05) is 6.67 Å². The molecular formula is C12H16FN. The van der Waals surface area contributed by atoms with Gasteiger partial charge in [-0.15, -0.1) is 0 Å². The first-order chi connectivity index (χ1) is 6.86. The Kier molecular flexibility index (Phi) is 2.82. The minimum absolute atomic E-state index is 0.0924. The van der Waals surface area contributed by atoms with Gasteiger partial charge in [-0.1, -0.05) is 24.3 Å². The lowest BCUT2D eigenvalue weighted by atomic mass is 9.91. The lowest BCUT2D eigenvalue weighted by Crippen LogP contribution is -2.09. The summed E-state index contributed by atoms with van der Waals surface area (Å²) in [5, 5.41) is 0. The fourth-order valence-corrected chi connectivity index (χ4v) is 2.04. The third-order valence-corrected chi connectivity index (χ3v) is 3.03. The monoisotopic (exact) mass is 193 g/mol. The quantitative estimate of drug-likeness (QED) is 0.781. The number of benzene rings is 1. The van der Waals surface area contributed by atoms with Gasteiger partial charge in [-0.2, -0.15) is 0 Å². The molecule has 2 heteroatoms. The van der Waals surface area contributed by atoms with E-state index >= 15 is 0 Å². The van der Waals surface area contributed by atoms with Crippen LogP contribution in [-0.2, 0) is 6.54 Å². The van der Waals surface area contributed by atoms with Gasteiger partial charge in [-0.25, -0.2) is 0 Å². The maximum absolute atomic E-state index is 12.9. The zero-order valence-corrected chi connectivity index (χ0v) is 8.25. The first kappa shape index (κ1) is 9.66. The Morgan fingerprint density at radius 1 is 1.36 bits per heavy atom. The van der Waals surface area contributed by atoms with Crippen molar-refractivity contribution in [1.29, 1.82) is 0 Å². The van der Waals surface area contributed by atoms with Crippen LogP contribution in [0.15, 0.2) is 24.3 Å². The van der Waals surface area contributed by atoms with E-state index in [1.54, 1.807) is 0 Å². The number of hydrogen-bond acceptors (Lipinski definition) is 1. The standard InChI is InChI=1S/C12H16FN/c13-7-12(9-5-6-9)11-4-2-1-3-10(11)8-14/h1-4,9,12H,5-8,14H2. The molecule has 1 aliphatic rings. The van der Waals surface area contributed by atoms with E-state index in [0.29, 0.717) is 12.5 Å². The molecule has 1 atom stereocenters. The van der Waals surface area contributed by atoms with Gasteiger partial charge in [-0.05, 0) is 29.9 Å². The van der Waals surface area contributed by atoms with E-state index in [-0.39, 0.29) is 12.6 Å². The predicted molar refractivity (Wildman–Crippen MR) is 55.8 cm³/mol. The van der Waals surface area contributed by atoms with E-state index in [4.69, 9.17) is 5.73 Å². The predicted octanol–water partition coefficient (Wildman–Crippen LogP) is 2.61. The molecule has 1 aromatic rings. The summed E-state index contributed by atoms with van der Waals surface area (Å²) in [6, 6.07) is 7.96. The lowest BCUT2D eigenvalue weighted by molar-refractivity contribution is 0.402. The highest BCUT2D eigenvalue weighted by Gasteiger charge is 2.33. The smallest absolute Gasteiger partial charge is 0.0965 e. The molecule has 0 heterocycles. The van der Waals surface area contributed by atoms with Crippen molar-refractivity contribution >= 4 is 0 Å². The summed E-state index contributed by atoms with van der Waals surface area (Å²) in [5.41, 5.74) is 7.87. The summed E-state index contributed by atoms with van der Waals surface area (Å²) in [6.45, 7) is 0.265. The molecule has 0 aromatic heterocycles. The Morgan fingerprint density at radius 2 is 2.07 bits per heavy atom. The van der Waals surface area contributed by atoms with Crippen molar-refractivity contribution in [3.63, 3.8) is 0 Å². The number of rotatable bonds is 4. The van der Waals surface area contributed by atoms with Crippen LogP contribution in [0.1, 0.15) is 29.9 Å². The van der Waals surface area contributed by atoms with Crippen LogP contribution in [0.25, 0.3) is 0 Å². The summed E-state index contributed by atoms with van der Waals surface area (Å²) in [5.74, 6) is 0.655. The van der Waals surface area contributed by atoms with Crippen molar-refractivity contribution in [3.05, 3.63) is 35.4 Å². The minimum Gasteiger partial charge on any atom is -0.326 e. The fourth-order valence-electron chi connectivity index (χ4n) is 2.04. The topological polar surface area (TPSA) is 26.0 Å².